The van der Waals surface area contributed by atoms with E-state index < -0.39 is 6.10 Å². The van der Waals surface area contributed by atoms with Crippen molar-refractivity contribution in [1.82, 2.24) is 14.8 Å². The molecule has 0 radical (unpaired) electrons. The standard InChI is InChI=1S/C22H28N4O5/c1-3-12-30-15-18(27)13-25-8-10-26(11-9-25)14-21-24-20(16-31-21)22(28)23-17-4-6-19(29-2)7-5-17/h1,4-7,16,18,27H,8-15H2,2H3,(H,23,28). The van der Waals surface area contributed by atoms with E-state index in [-0.39, 0.29) is 24.8 Å². The van der Waals surface area contributed by atoms with Gasteiger partial charge in [-0.2, -0.15) is 0 Å². The monoisotopic (exact) mass is 428 g/mol. The Morgan fingerprint density at radius 2 is 2.00 bits per heavy atom. The van der Waals surface area contributed by atoms with Gasteiger partial charge < -0.3 is 24.3 Å². The number of piperazine rings is 1. The van der Waals surface area contributed by atoms with E-state index in [0.717, 1.165) is 26.2 Å². The minimum atomic E-state index is -0.557. The lowest BCUT2D eigenvalue weighted by molar-refractivity contribution is 0.0146. The molecular weight excluding hydrogens is 400 g/mol. The number of aliphatic hydroxyl groups is 1. The topological polar surface area (TPSA) is 100 Å². The van der Waals surface area contributed by atoms with Gasteiger partial charge in [0.15, 0.2) is 5.69 Å². The summed E-state index contributed by atoms with van der Waals surface area (Å²) in [6.45, 7) is 4.78. The number of anilines is 1. The number of carbonyl (C=O) groups is 1. The van der Waals surface area contributed by atoms with Crippen LogP contribution in [0.25, 0.3) is 0 Å². The number of aromatic nitrogens is 1. The normalized spacial score (nSPS) is 15.9. The first-order valence-corrected chi connectivity index (χ1v) is 10.1. The van der Waals surface area contributed by atoms with Gasteiger partial charge in [-0.25, -0.2) is 4.98 Å². The number of nitrogens with one attached hydrogen (secondary N) is 1. The van der Waals surface area contributed by atoms with E-state index in [1.54, 1.807) is 31.4 Å². The molecule has 1 aromatic carbocycles. The molecule has 2 heterocycles. The van der Waals surface area contributed by atoms with E-state index in [1.165, 1.54) is 6.26 Å². The zero-order valence-corrected chi connectivity index (χ0v) is 17.6. The summed E-state index contributed by atoms with van der Waals surface area (Å²) in [5, 5.41) is 12.8. The number of carbonyl (C=O) groups excluding carboxylic acids is 1. The molecule has 9 heteroatoms. The Kier molecular flexibility index (Phi) is 8.44. The summed E-state index contributed by atoms with van der Waals surface area (Å²) in [5.41, 5.74) is 0.887. The van der Waals surface area contributed by atoms with Gasteiger partial charge in [0, 0.05) is 38.4 Å². The lowest BCUT2D eigenvalue weighted by Crippen LogP contribution is -2.48. The number of benzene rings is 1. The molecule has 0 bridgehead atoms. The van der Waals surface area contributed by atoms with Gasteiger partial charge in [-0.05, 0) is 24.3 Å². The number of terminal acetylenes is 1. The maximum atomic E-state index is 12.4. The average Bonchev–Trinajstić information content (AvgIpc) is 3.24. The SMILES string of the molecule is C#CCOCC(O)CN1CCN(Cc2nc(C(=O)Nc3ccc(OC)cc3)co2)CC1. The third-order valence-corrected chi connectivity index (χ3v) is 4.92. The maximum Gasteiger partial charge on any atom is 0.277 e. The van der Waals surface area contributed by atoms with E-state index in [9.17, 15) is 9.90 Å². The Morgan fingerprint density at radius 3 is 2.68 bits per heavy atom. The molecule has 2 N–H and O–H groups in total. The number of nitrogens with zero attached hydrogens (tertiary/aromatic N) is 3. The van der Waals surface area contributed by atoms with Gasteiger partial charge in [-0.15, -0.1) is 6.42 Å². The number of β-amino-alcohol motifs (C(OH)–C–C–N with tert-alkyl or cyclic N) is 1. The Morgan fingerprint density at radius 1 is 1.29 bits per heavy atom. The van der Waals surface area contributed by atoms with E-state index in [4.69, 9.17) is 20.3 Å². The van der Waals surface area contributed by atoms with Gasteiger partial charge in [0.05, 0.1) is 26.4 Å². The van der Waals surface area contributed by atoms with Crippen LogP contribution in [-0.4, -0.2) is 84.9 Å². The lowest BCUT2D eigenvalue weighted by atomic mass is 10.2. The number of oxazole rings is 1. The fraction of sp³-hybridized carbons (Fsp3) is 0.455. The van der Waals surface area contributed by atoms with Gasteiger partial charge >= 0.3 is 0 Å². The number of amides is 1. The second kappa shape index (κ2) is 11.5. The highest BCUT2D eigenvalue weighted by Crippen LogP contribution is 2.16. The van der Waals surface area contributed by atoms with Crippen LogP contribution in [-0.2, 0) is 11.3 Å². The van der Waals surface area contributed by atoms with Crippen LogP contribution in [0.5, 0.6) is 5.75 Å². The minimum Gasteiger partial charge on any atom is -0.497 e. The summed E-state index contributed by atoms with van der Waals surface area (Å²) in [6, 6.07) is 7.06. The Labute approximate surface area is 181 Å². The van der Waals surface area contributed by atoms with Gasteiger partial charge in [-0.3, -0.25) is 14.6 Å². The van der Waals surface area contributed by atoms with Crippen molar-refractivity contribution in [2.45, 2.75) is 12.6 Å². The molecule has 0 spiro atoms. The van der Waals surface area contributed by atoms with E-state index in [2.05, 4.69) is 26.0 Å². The highest BCUT2D eigenvalue weighted by molar-refractivity contribution is 6.02. The molecule has 0 aliphatic carbocycles. The van der Waals surface area contributed by atoms with Crippen LogP contribution in [0.1, 0.15) is 16.4 Å². The molecular formula is C22H28N4O5. The number of methoxy groups -OCH3 is 1. The molecule has 1 aliphatic heterocycles. The van der Waals surface area contributed by atoms with Crippen LogP contribution in [0.4, 0.5) is 5.69 Å². The first kappa shape index (κ1) is 22.8. The molecule has 1 atom stereocenters. The lowest BCUT2D eigenvalue weighted by Gasteiger charge is -2.34. The third kappa shape index (κ3) is 7.08. The van der Waals surface area contributed by atoms with Crippen molar-refractivity contribution in [3.8, 4) is 18.1 Å². The number of hydrogen-bond acceptors (Lipinski definition) is 8. The van der Waals surface area contributed by atoms with Crippen molar-refractivity contribution < 1.29 is 23.8 Å². The molecule has 9 nitrogen and oxygen atoms in total. The van der Waals surface area contributed by atoms with Crippen molar-refractivity contribution in [3.63, 3.8) is 0 Å². The van der Waals surface area contributed by atoms with Crippen molar-refractivity contribution in [3.05, 3.63) is 42.1 Å². The molecule has 1 unspecified atom stereocenters. The van der Waals surface area contributed by atoms with E-state index >= 15 is 0 Å². The first-order chi connectivity index (χ1) is 15.1. The molecule has 1 fully saturated rings. The molecule has 166 valence electrons. The van der Waals surface area contributed by atoms with Crippen molar-refractivity contribution in [1.29, 1.82) is 0 Å². The van der Waals surface area contributed by atoms with Crippen LogP contribution in [0.3, 0.4) is 0 Å². The number of hydrogen-bond donors (Lipinski definition) is 2. The van der Waals surface area contributed by atoms with E-state index in [1.807, 2.05) is 0 Å². The summed E-state index contributed by atoms with van der Waals surface area (Å²) >= 11 is 0. The van der Waals surface area contributed by atoms with Gasteiger partial charge in [-0.1, -0.05) is 5.92 Å². The molecule has 31 heavy (non-hydrogen) atoms. The number of rotatable bonds is 10. The van der Waals surface area contributed by atoms with Crippen LogP contribution in [0, 0.1) is 12.3 Å². The van der Waals surface area contributed by atoms with Gasteiger partial charge in [0.1, 0.15) is 18.6 Å². The zero-order chi connectivity index (χ0) is 22.1. The third-order valence-electron chi connectivity index (χ3n) is 4.92. The van der Waals surface area contributed by atoms with Crippen LogP contribution >= 0.6 is 0 Å². The molecule has 3 rings (SSSR count). The summed E-state index contributed by atoms with van der Waals surface area (Å²) in [4.78, 5) is 21.1. The smallest absolute Gasteiger partial charge is 0.277 e. The van der Waals surface area contributed by atoms with Gasteiger partial charge in [0.2, 0.25) is 5.89 Å². The van der Waals surface area contributed by atoms with E-state index in [0.29, 0.717) is 30.4 Å². The molecule has 1 saturated heterocycles. The van der Waals surface area contributed by atoms with Gasteiger partial charge in [0.25, 0.3) is 5.91 Å². The Hall–Kier alpha value is -2.90. The fourth-order valence-electron chi connectivity index (χ4n) is 3.28. The first-order valence-electron chi connectivity index (χ1n) is 10.1. The quantitative estimate of drug-likeness (QED) is 0.428. The summed E-state index contributed by atoms with van der Waals surface area (Å²) in [6.07, 6.45) is 5.94. The molecule has 1 aliphatic rings. The largest absolute Gasteiger partial charge is 0.497 e. The molecule has 2 aromatic rings. The fourth-order valence-corrected chi connectivity index (χ4v) is 3.28. The average molecular weight is 428 g/mol. The Bertz CT molecular complexity index is 869. The summed E-state index contributed by atoms with van der Waals surface area (Å²) < 4.78 is 15.8. The molecule has 1 amide bonds. The highest BCUT2D eigenvalue weighted by Gasteiger charge is 2.21. The maximum absolute atomic E-state index is 12.4. The zero-order valence-electron chi connectivity index (χ0n) is 17.6. The predicted molar refractivity (Wildman–Crippen MR) is 115 cm³/mol. The molecule has 1 aromatic heterocycles. The Balaban J connectivity index is 1.42. The number of ether oxygens (including phenoxy) is 2. The summed E-state index contributed by atoms with van der Waals surface area (Å²) in [7, 11) is 1.59. The second-order valence-corrected chi connectivity index (χ2v) is 7.26. The highest BCUT2D eigenvalue weighted by atomic mass is 16.5. The summed E-state index contributed by atoms with van der Waals surface area (Å²) in [5.74, 6) is 3.27. The van der Waals surface area contributed by atoms with Crippen molar-refractivity contribution in [2.75, 3.05) is 58.4 Å². The molecule has 0 saturated carbocycles. The minimum absolute atomic E-state index is 0.209. The van der Waals surface area contributed by atoms with Crippen LogP contribution < -0.4 is 10.1 Å². The number of aliphatic hydroxyl groups excluding tert-OH is 1. The predicted octanol–water partition coefficient (Wildman–Crippen LogP) is 1.06. The van der Waals surface area contributed by atoms with Crippen molar-refractivity contribution >= 4 is 11.6 Å². The van der Waals surface area contributed by atoms with Crippen molar-refractivity contribution in [2.24, 2.45) is 0 Å². The second-order valence-electron chi connectivity index (χ2n) is 7.26. The van der Waals surface area contributed by atoms with Crippen LogP contribution in [0.2, 0.25) is 0 Å². The van der Waals surface area contributed by atoms with Crippen LogP contribution in [0.15, 0.2) is 34.9 Å².